The number of fused-ring (bicyclic) bond motifs is 1. The van der Waals surface area contributed by atoms with Crippen LogP contribution in [0.3, 0.4) is 0 Å². The molecular weight excluding hydrogens is 260 g/mol. The second-order valence-electron chi connectivity index (χ2n) is 3.43. The first-order chi connectivity index (χ1) is 8.11. The molecule has 1 heterocycles. The lowest BCUT2D eigenvalue weighted by Crippen LogP contribution is -2.15. The highest BCUT2D eigenvalue weighted by molar-refractivity contribution is 7.18. The molecule has 2 rings (SSSR count). The van der Waals surface area contributed by atoms with E-state index in [4.69, 9.17) is 11.6 Å². The Labute approximate surface area is 108 Å². The number of halogens is 1. The van der Waals surface area contributed by atoms with Crippen LogP contribution in [0, 0.1) is 6.92 Å². The maximum Gasteiger partial charge on any atom is 0.325 e. The fourth-order valence-corrected chi connectivity index (χ4v) is 2.54. The number of rotatable bonds is 3. The molecule has 90 valence electrons. The Morgan fingerprint density at radius 1 is 1.59 bits per heavy atom. The van der Waals surface area contributed by atoms with Crippen LogP contribution in [-0.2, 0) is 9.53 Å². The van der Waals surface area contributed by atoms with Gasteiger partial charge in [-0.15, -0.1) is 11.3 Å². The van der Waals surface area contributed by atoms with E-state index in [0.717, 1.165) is 15.2 Å². The highest BCUT2D eigenvalue weighted by atomic mass is 35.5. The Hall–Kier alpha value is -1.33. The van der Waals surface area contributed by atoms with E-state index in [0.29, 0.717) is 10.7 Å². The third kappa shape index (κ3) is 2.50. The molecule has 0 aliphatic rings. The first-order valence-electron chi connectivity index (χ1n) is 4.98. The van der Waals surface area contributed by atoms with Crippen molar-refractivity contribution in [3.05, 3.63) is 22.2 Å². The lowest BCUT2D eigenvalue weighted by Gasteiger charge is -2.07. The second kappa shape index (κ2) is 4.89. The summed E-state index contributed by atoms with van der Waals surface area (Å²) in [6, 6.07) is 3.72. The van der Waals surface area contributed by atoms with Crippen molar-refractivity contribution in [1.82, 2.24) is 4.98 Å². The van der Waals surface area contributed by atoms with E-state index in [9.17, 15) is 4.79 Å². The molecule has 0 radical (unpaired) electrons. The van der Waals surface area contributed by atoms with Gasteiger partial charge in [-0.2, -0.15) is 0 Å². The van der Waals surface area contributed by atoms with Gasteiger partial charge in [0, 0.05) is 0 Å². The average Bonchev–Trinajstić information content (AvgIpc) is 2.68. The van der Waals surface area contributed by atoms with E-state index in [2.05, 4.69) is 15.0 Å². The second-order valence-corrected chi connectivity index (χ2v) is 5.07. The summed E-state index contributed by atoms with van der Waals surface area (Å²) in [4.78, 5) is 15.5. The maximum atomic E-state index is 11.1. The third-order valence-corrected chi connectivity index (χ3v) is 3.51. The van der Waals surface area contributed by atoms with E-state index >= 15 is 0 Å². The summed E-state index contributed by atoms with van der Waals surface area (Å²) in [5.74, 6) is -0.343. The number of aryl methyl sites for hydroxylation is 1. The van der Waals surface area contributed by atoms with Crippen LogP contribution in [0.4, 0.5) is 5.69 Å². The number of nitrogens with zero attached hydrogens (tertiary/aromatic N) is 1. The Balaban J connectivity index is 2.37. The fraction of sp³-hybridized carbons (Fsp3) is 0.273. The molecule has 0 aliphatic carbocycles. The van der Waals surface area contributed by atoms with Crippen LogP contribution in [0.1, 0.15) is 5.01 Å². The Kier molecular flexibility index (Phi) is 3.49. The first kappa shape index (κ1) is 12.1. The molecule has 0 fully saturated rings. The number of hydrogen-bond donors (Lipinski definition) is 1. The minimum atomic E-state index is -0.343. The highest BCUT2D eigenvalue weighted by Crippen LogP contribution is 2.33. The first-order valence-corrected chi connectivity index (χ1v) is 6.17. The predicted molar refractivity (Wildman–Crippen MR) is 69.9 cm³/mol. The van der Waals surface area contributed by atoms with Crippen LogP contribution in [0.25, 0.3) is 10.2 Å². The van der Waals surface area contributed by atoms with Crippen LogP contribution in [0.2, 0.25) is 5.02 Å². The minimum absolute atomic E-state index is 0.0753. The number of nitrogens with one attached hydrogen (secondary N) is 1. The smallest absolute Gasteiger partial charge is 0.325 e. The number of methoxy groups -OCH3 is 1. The molecule has 0 bridgehead atoms. The van der Waals surface area contributed by atoms with Crippen molar-refractivity contribution in [2.24, 2.45) is 0 Å². The number of carbonyl (C=O) groups is 1. The molecule has 0 saturated heterocycles. The van der Waals surface area contributed by atoms with Crippen molar-refractivity contribution in [2.75, 3.05) is 19.0 Å². The number of esters is 1. The van der Waals surface area contributed by atoms with Crippen molar-refractivity contribution in [3.63, 3.8) is 0 Å². The number of hydrogen-bond acceptors (Lipinski definition) is 5. The SMILES string of the molecule is COC(=O)CNc1c(Cl)ccc2sc(C)nc12. The maximum absolute atomic E-state index is 11.1. The van der Waals surface area contributed by atoms with Crippen molar-refractivity contribution in [2.45, 2.75) is 6.92 Å². The summed E-state index contributed by atoms with van der Waals surface area (Å²) in [6.07, 6.45) is 0. The average molecular weight is 271 g/mol. The lowest BCUT2D eigenvalue weighted by molar-refractivity contribution is -0.138. The summed E-state index contributed by atoms with van der Waals surface area (Å²) < 4.78 is 5.61. The van der Waals surface area contributed by atoms with Crippen LogP contribution in [-0.4, -0.2) is 24.6 Å². The van der Waals surface area contributed by atoms with Gasteiger partial charge in [0.2, 0.25) is 0 Å². The zero-order valence-electron chi connectivity index (χ0n) is 9.41. The number of aromatic nitrogens is 1. The molecular formula is C11H11ClN2O2S. The van der Waals surface area contributed by atoms with Crippen LogP contribution in [0.15, 0.2) is 12.1 Å². The lowest BCUT2D eigenvalue weighted by atomic mass is 10.3. The molecule has 0 spiro atoms. The number of carbonyl (C=O) groups excluding carboxylic acids is 1. The van der Waals surface area contributed by atoms with Crippen molar-refractivity contribution in [1.29, 1.82) is 0 Å². The van der Waals surface area contributed by atoms with E-state index in [1.807, 2.05) is 13.0 Å². The van der Waals surface area contributed by atoms with Crippen LogP contribution in [0.5, 0.6) is 0 Å². The van der Waals surface area contributed by atoms with Gasteiger partial charge < -0.3 is 10.1 Å². The topological polar surface area (TPSA) is 51.2 Å². The van der Waals surface area contributed by atoms with Gasteiger partial charge in [0.1, 0.15) is 12.1 Å². The summed E-state index contributed by atoms with van der Waals surface area (Å²) in [5, 5.41) is 4.47. The Morgan fingerprint density at radius 3 is 3.06 bits per heavy atom. The molecule has 4 nitrogen and oxygen atoms in total. The van der Waals surface area contributed by atoms with Gasteiger partial charge in [0.05, 0.1) is 27.5 Å². The van der Waals surface area contributed by atoms with Crippen molar-refractivity contribution >= 4 is 44.8 Å². The van der Waals surface area contributed by atoms with E-state index in [1.54, 1.807) is 17.4 Å². The molecule has 0 atom stereocenters. The van der Waals surface area contributed by atoms with Crippen molar-refractivity contribution < 1.29 is 9.53 Å². The summed E-state index contributed by atoms with van der Waals surface area (Å²) >= 11 is 7.68. The molecule has 0 saturated carbocycles. The van der Waals surface area contributed by atoms with Gasteiger partial charge in [-0.25, -0.2) is 4.98 Å². The van der Waals surface area contributed by atoms with E-state index in [-0.39, 0.29) is 12.5 Å². The molecule has 1 aromatic carbocycles. The number of anilines is 1. The predicted octanol–water partition coefficient (Wildman–Crippen LogP) is 2.84. The van der Waals surface area contributed by atoms with Crippen LogP contribution < -0.4 is 5.32 Å². The van der Waals surface area contributed by atoms with Gasteiger partial charge in [0.25, 0.3) is 0 Å². The van der Waals surface area contributed by atoms with Gasteiger partial charge in [0.15, 0.2) is 0 Å². The molecule has 1 N–H and O–H groups in total. The molecule has 1 aromatic heterocycles. The van der Waals surface area contributed by atoms with Gasteiger partial charge in [-0.05, 0) is 19.1 Å². The largest absolute Gasteiger partial charge is 0.468 e. The monoisotopic (exact) mass is 270 g/mol. The van der Waals surface area contributed by atoms with E-state index < -0.39 is 0 Å². The summed E-state index contributed by atoms with van der Waals surface area (Å²) in [7, 11) is 1.35. The van der Waals surface area contributed by atoms with Gasteiger partial charge in [-0.3, -0.25) is 4.79 Å². The number of benzene rings is 1. The van der Waals surface area contributed by atoms with Gasteiger partial charge in [-0.1, -0.05) is 11.6 Å². The quantitative estimate of drug-likeness (QED) is 0.872. The fourth-order valence-electron chi connectivity index (χ4n) is 1.48. The highest BCUT2D eigenvalue weighted by Gasteiger charge is 2.11. The standard InChI is InChI=1S/C11H11ClN2O2S/c1-6-14-11-8(17-6)4-3-7(12)10(11)13-5-9(15)16-2/h3-4,13H,5H2,1-2H3. The molecule has 0 unspecified atom stereocenters. The number of ether oxygens (including phenoxy) is 1. The molecule has 2 aromatic rings. The van der Waals surface area contributed by atoms with E-state index in [1.165, 1.54) is 7.11 Å². The Bertz CT molecular complexity index is 568. The summed E-state index contributed by atoms with van der Waals surface area (Å²) in [5.41, 5.74) is 1.47. The van der Waals surface area contributed by atoms with Crippen molar-refractivity contribution in [3.8, 4) is 0 Å². The summed E-state index contributed by atoms with van der Waals surface area (Å²) in [6.45, 7) is 2.01. The minimum Gasteiger partial charge on any atom is -0.468 e. The normalized spacial score (nSPS) is 10.5. The zero-order chi connectivity index (χ0) is 12.4. The molecule has 0 amide bonds. The zero-order valence-corrected chi connectivity index (χ0v) is 11.0. The third-order valence-electron chi connectivity index (χ3n) is 2.25. The number of thiazole rings is 1. The van der Waals surface area contributed by atoms with Gasteiger partial charge >= 0.3 is 5.97 Å². The van der Waals surface area contributed by atoms with Crippen LogP contribution >= 0.6 is 22.9 Å². The molecule has 17 heavy (non-hydrogen) atoms. The molecule has 0 aliphatic heterocycles. The molecule has 6 heteroatoms. The Morgan fingerprint density at radius 2 is 2.35 bits per heavy atom.